The van der Waals surface area contributed by atoms with Gasteiger partial charge in [-0.15, -0.1) is 0 Å². The molecule has 0 rings (SSSR count). The van der Waals surface area contributed by atoms with Crippen molar-refractivity contribution in [2.75, 3.05) is 40.9 Å². The van der Waals surface area contributed by atoms with E-state index in [0.29, 0.717) is 17.4 Å². The first-order valence-electron chi connectivity index (χ1n) is 26.0. The highest BCUT2D eigenvalue weighted by molar-refractivity contribution is 7.45. The Labute approximate surface area is 384 Å². The zero-order valence-electron chi connectivity index (χ0n) is 41.3. The number of hydrogen-bond acceptors (Lipinski definition) is 6. The average molecular weight is 893 g/mol. The maximum absolute atomic E-state index is 12.9. The summed E-state index contributed by atoms with van der Waals surface area (Å²) in [6.45, 7) is 4.63. The van der Waals surface area contributed by atoms with Gasteiger partial charge in [-0.25, -0.2) is 0 Å². The summed E-state index contributed by atoms with van der Waals surface area (Å²) < 4.78 is 23.3. The lowest BCUT2D eigenvalue weighted by molar-refractivity contribution is -0.870. The minimum atomic E-state index is -4.61. The van der Waals surface area contributed by atoms with Crippen molar-refractivity contribution in [1.82, 2.24) is 5.32 Å². The van der Waals surface area contributed by atoms with Crippen LogP contribution in [0.3, 0.4) is 0 Å². The molecule has 2 N–H and O–H groups in total. The van der Waals surface area contributed by atoms with Crippen molar-refractivity contribution in [2.24, 2.45) is 0 Å². The molecule has 0 aliphatic rings. The topological polar surface area (TPSA) is 108 Å². The van der Waals surface area contributed by atoms with Gasteiger partial charge in [-0.05, 0) is 70.6 Å². The molecule has 1 amide bonds. The van der Waals surface area contributed by atoms with E-state index >= 15 is 0 Å². The Morgan fingerprint density at radius 1 is 0.548 bits per heavy atom. The van der Waals surface area contributed by atoms with E-state index in [9.17, 15) is 19.4 Å². The predicted molar refractivity (Wildman–Crippen MR) is 265 cm³/mol. The van der Waals surface area contributed by atoms with Gasteiger partial charge in [-0.2, -0.15) is 0 Å². The zero-order chi connectivity index (χ0) is 45.7. The number of hydrogen-bond donors (Lipinski definition) is 2. The number of phosphoric acid groups is 1. The lowest BCUT2D eigenvalue weighted by Gasteiger charge is -2.29. The quantitative estimate of drug-likeness (QED) is 0.0273. The van der Waals surface area contributed by atoms with Gasteiger partial charge < -0.3 is 28.8 Å². The molecule has 0 heterocycles. The molecule has 0 fully saturated rings. The van der Waals surface area contributed by atoms with Crippen LogP contribution in [0.1, 0.15) is 232 Å². The van der Waals surface area contributed by atoms with Crippen LogP contribution in [0.2, 0.25) is 0 Å². The number of unbranched alkanes of at least 4 members (excludes halogenated alkanes) is 28. The van der Waals surface area contributed by atoms with Crippen molar-refractivity contribution in [3.05, 3.63) is 48.6 Å². The van der Waals surface area contributed by atoms with Crippen LogP contribution in [-0.2, 0) is 18.4 Å². The molecule has 0 aliphatic heterocycles. The van der Waals surface area contributed by atoms with Gasteiger partial charge >= 0.3 is 0 Å². The molecule has 0 aliphatic carbocycles. The number of aliphatic hydroxyl groups excluding tert-OH is 1. The summed E-state index contributed by atoms with van der Waals surface area (Å²) in [5.74, 6) is -0.215. The van der Waals surface area contributed by atoms with Crippen molar-refractivity contribution in [2.45, 2.75) is 244 Å². The van der Waals surface area contributed by atoms with Gasteiger partial charge in [0, 0.05) is 6.42 Å². The maximum Gasteiger partial charge on any atom is 0.268 e. The lowest BCUT2D eigenvalue weighted by atomic mass is 10.1. The largest absolute Gasteiger partial charge is 0.756 e. The molecule has 3 atom stereocenters. The van der Waals surface area contributed by atoms with E-state index < -0.39 is 26.6 Å². The molecular formula is C53H101N2O6P. The number of allylic oxidation sites excluding steroid dienone is 7. The number of amides is 1. The molecule has 3 unspecified atom stereocenters. The normalized spacial score (nSPS) is 14.5. The minimum absolute atomic E-state index is 0.0105. The molecule has 8 nitrogen and oxygen atoms in total. The van der Waals surface area contributed by atoms with Gasteiger partial charge in [0.1, 0.15) is 13.2 Å². The van der Waals surface area contributed by atoms with Crippen molar-refractivity contribution >= 4 is 13.7 Å². The van der Waals surface area contributed by atoms with Gasteiger partial charge in [0.25, 0.3) is 7.82 Å². The molecule has 0 aromatic carbocycles. The second-order valence-corrected chi connectivity index (χ2v) is 20.3. The van der Waals surface area contributed by atoms with E-state index in [1.807, 2.05) is 27.2 Å². The van der Waals surface area contributed by atoms with Crippen LogP contribution in [0.25, 0.3) is 0 Å². The fourth-order valence-corrected chi connectivity index (χ4v) is 8.08. The molecule has 9 heteroatoms. The molecule has 0 saturated carbocycles. The Balaban J connectivity index is 4.38. The maximum atomic E-state index is 12.9. The number of nitrogens with zero attached hydrogens (tertiary/aromatic N) is 1. The number of likely N-dealkylation sites (N-methyl/N-ethyl adjacent to an activating group) is 1. The third-order valence-corrected chi connectivity index (χ3v) is 12.5. The lowest BCUT2D eigenvalue weighted by Crippen LogP contribution is -2.45. The van der Waals surface area contributed by atoms with Crippen LogP contribution >= 0.6 is 7.82 Å². The van der Waals surface area contributed by atoms with Crippen LogP contribution in [0.15, 0.2) is 48.6 Å². The third-order valence-electron chi connectivity index (χ3n) is 11.5. The predicted octanol–water partition coefficient (Wildman–Crippen LogP) is 14.6. The molecule has 0 saturated heterocycles. The van der Waals surface area contributed by atoms with Gasteiger partial charge in [-0.3, -0.25) is 9.36 Å². The summed E-state index contributed by atoms with van der Waals surface area (Å²) >= 11 is 0. The Kier molecular flexibility index (Phi) is 43.5. The summed E-state index contributed by atoms with van der Waals surface area (Å²) in [6, 6.07) is -0.912. The molecule has 0 aromatic rings. The van der Waals surface area contributed by atoms with E-state index in [0.717, 1.165) is 44.9 Å². The highest BCUT2D eigenvalue weighted by Crippen LogP contribution is 2.38. The zero-order valence-corrected chi connectivity index (χ0v) is 42.2. The third kappa shape index (κ3) is 46.5. The smallest absolute Gasteiger partial charge is 0.268 e. The average Bonchev–Trinajstić information content (AvgIpc) is 3.23. The molecule has 0 aromatic heterocycles. The summed E-state index contributed by atoms with van der Waals surface area (Å²) in [7, 11) is 1.23. The standard InChI is InChI=1S/C53H101N2O6P/c1-6-8-10-12-14-16-18-20-22-24-26-27-29-31-33-35-37-39-41-43-45-47-53(57)54-51(50-61-62(58,59)60-49-48-55(3,4)5)52(56)46-44-42-40-38-36-34-32-30-28-25-23-21-19-17-15-13-11-9-7-2/h27-30,36,38,44,46,51-52,56H,6-26,31-35,37,39-43,45,47-50H2,1-5H3,(H-,54,57,58,59)/b29-27-,30-28+,38-36+,46-44+. The number of carbonyl (C=O) groups is 1. The fraction of sp³-hybridized carbons (Fsp3) is 0.830. The number of phosphoric ester groups is 1. The van der Waals surface area contributed by atoms with E-state index in [-0.39, 0.29) is 12.5 Å². The van der Waals surface area contributed by atoms with Crippen molar-refractivity contribution in [1.29, 1.82) is 0 Å². The number of nitrogens with one attached hydrogen (secondary N) is 1. The van der Waals surface area contributed by atoms with Gasteiger partial charge in [0.15, 0.2) is 0 Å². The number of aliphatic hydroxyl groups is 1. The first-order valence-corrected chi connectivity index (χ1v) is 27.5. The summed E-state index contributed by atoms with van der Waals surface area (Å²) in [4.78, 5) is 25.4. The van der Waals surface area contributed by atoms with Crippen molar-refractivity contribution in [3.8, 4) is 0 Å². The van der Waals surface area contributed by atoms with Gasteiger partial charge in [-0.1, -0.05) is 204 Å². The first-order chi connectivity index (χ1) is 30.0. The van der Waals surface area contributed by atoms with Crippen LogP contribution in [0.4, 0.5) is 0 Å². The summed E-state index contributed by atoms with van der Waals surface area (Å²) in [5, 5.41) is 13.8. The highest BCUT2D eigenvalue weighted by Gasteiger charge is 2.23. The molecule has 364 valence electrons. The van der Waals surface area contributed by atoms with Gasteiger partial charge in [0.05, 0.1) is 39.9 Å². The van der Waals surface area contributed by atoms with Crippen LogP contribution in [0.5, 0.6) is 0 Å². The molecule has 0 bridgehead atoms. The molecule has 62 heavy (non-hydrogen) atoms. The van der Waals surface area contributed by atoms with Crippen molar-refractivity contribution < 1.29 is 32.9 Å². The molecule has 0 spiro atoms. The van der Waals surface area contributed by atoms with E-state index in [2.05, 4.69) is 55.6 Å². The number of rotatable bonds is 47. The van der Waals surface area contributed by atoms with Crippen LogP contribution in [0, 0.1) is 0 Å². The minimum Gasteiger partial charge on any atom is -0.756 e. The molecular weight excluding hydrogens is 792 g/mol. The van der Waals surface area contributed by atoms with E-state index in [1.54, 1.807) is 6.08 Å². The highest BCUT2D eigenvalue weighted by atomic mass is 31.2. The monoisotopic (exact) mass is 893 g/mol. The van der Waals surface area contributed by atoms with Crippen LogP contribution < -0.4 is 10.2 Å². The summed E-state index contributed by atoms with van der Waals surface area (Å²) in [5.41, 5.74) is 0. The van der Waals surface area contributed by atoms with Crippen LogP contribution in [-0.4, -0.2) is 68.5 Å². The van der Waals surface area contributed by atoms with Gasteiger partial charge in [0.2, 0.25) is 5.91 Å². The number of quaternary nitrogens is 1. The van der Waals surface area contributed by atoms with E-state index in [1.165, 1.54) is 167 Å². The molecule has 0 radical (unpaired) electrons. The Hall–Kier alpha value is -1.54. The second kappa shape index (κ2) is 44.7. The van der Waals surface area contributed by atoms with Crippen molar-refractivity contribution in [3.63, 3.8) is 0 Å². The Morgan fingerprint density at radius 3 is 1.31 bits per heavy atom. The Bertz CT molecular complexity index is 1150. The SMILES string of the molecule is CCCCCCCCCCC/C=C/CC/C=C/CC/C=C/C(O)C(COP(=O)([O-])OCC[N+](C)(C)C)NC(=O)CCCCCCCCC/C=C\CCCCCCCCCCCC. The first kappa shape index (κ1) is 60.5. The van der Waals surface area contributed by atoms with E-state index in [4.69, 9.17) is 9.05 Å². The second-order valence-electron chi connectivity index (χ2n) is 18.9. The fourth-order valence-electron chi connectivity index (χ4n) is 7.36. The number of carbonyl (C=O) groups excluding carboxylic acids is 1. The Morgan fingerprint density at radius 2 is 0.903 bits per heavy atom. The summed E-state index contributed by atoms with van der Waals surface area (Å²) in [6.07, 6.45) is 57.4.